The number of aromatic nitrogens is 2. The van der Waals surface area contributed by atoms with E-state index in [9.17, 15) is 0 Å². The van der Waals surface area contributed by atoms with Gasteiger partial charge in [0.25, 0.3) is 0 Å². The van der Waals surface area contributed by atoms with Crippen molar-refractivity contribution in [2.24, 2.45) is 0 Å². The van der Waals surface area contributed by atoms with E-state index in [-0.39, 0.29) is 5.60 Å². The molecular formula is C14H23N3O. The molecule has 1 N–H and O–H groups in total. The molecular weight excluding hydrogens is 226 g/mol. The lowest BCUT2D eigenvalue weighted by Gasteiger charge is -2.39. The molecule has 1 aromatic heterocycles. The summed E-state index contributed by atoms with van der Waals surface area (Å²) in [4.78, 5) is 9.20. The Hall–Kier alpha value is -1.00. The second-order valence-electron chi connectivity index (χ2n) is 5.07. The van der Waals surface area contributed by atoms with E-state index in [1.54, 1.807) is 7.11 Å². The minimum Gasteiger partial charge on any atom is -0.370 e. The van der Waals surface area contributed by atoms with Crippen molar-refractivity contribution in [3.05, 3.63) is 23.3 Å². The van der Waals surface area contributed by atoms with Gasteiger partial charge in [-0.05, 0) is 39.7 Å². The van der Waals surface area contributed by atoms with Gasteiger partial charge in [0, 0.05) is 30.6 Å². The zero-order valence-electron chi connectivity index (χ0n) is 11.8. The monoisotopic (exact) mass is 249 g/mol. The van der Waals surface area contributed by atoms with E-state index >= 15 is 0 Å². The third kappa shape index (κ3) is 2.27. The Morgan fingerprint density at radius 2 is 2.22 bits per heavy atom. The Balaban J connectivity index is 2.24. The first-order valence-corrected chi connectivity index (χ1v) is 6.75. The lowest BCUT2D eigenvalue weighted by molar-refractivity contribution is -0.0848. The Morgan fingerprint density at radius 3 is 2.67 bits per heavy atom. The summed E-state index contributed by atoms with van der Waals surface area (Å²) in [6.07, 6.45) is 5.21. The Morgan fingerprint density at radius 1 is 1.50 bits per heavy atom. The SMILES string of the molecule is CCNC(C)c1cnc(C2(OC)CCC2)nc1C. The average molecular weight is 249 g/mol. The van der Waals surface area contributed by atoms with Crippen LogP contribution in [-0.4, -0.2) is 23.6 Å². The van der Waals surface area contributed by atoms with Gasteiger partial charge in [0.1, 0.15) is 5.60 Å². The summed E-state index contributed by atoms with van der Waals surface area (Å²) in [5.41, 5.74) is 2.01. The molecule has 1 fully saturated rings. The number of rotatable bonds is 5. The van der Waals surface area contributed by atoms with E-state index in [0.717, 1.165) is 30.9 Å². The normalized spacial score (nSPS) is 19.3. The molecule has 1 atom stereocenters. The summed E-state index contributed by atoms with van der Waals surface area (Å²) in [5.74, 6) is 0.848. The van der Waals surface area contributed by atoms with Crippen molar-refractivity contribution in [3.8, 4) is 0 Å². The molecule has 0 spiro atoms. The number of ether oxygens (including phenoxy) is 1. The Labute approximate surface area is 109 Å². The van der Waals surface area contributed by atoms with E-state index < -0.39 is 0 Å². The maximum absolute atomic E-state index is 5.62. The average Bonchev–Trinajstić information content (AvgIpc) is 2.28. The summed E-state index contributed by atoms with van der Waals surface area (Å²) >= 11 is 0. The summed E-state index contributed by atoms with van der Waals surface area (Å²) in [5, 5.41) is 3.39. The number of nitrogens with zero attached hydrogens (tertiary/aromatic N) is 2. The number of methoxy groups -OCH3 is 1. The van der Waals surface area contributed by atoms with Crippen molar-refractivity contribution < 1.29 is 4.74 Å². The fourth-order valence-corrected chi connectivity index (χ4v) is 2.55. The first-order chi connectivity index (χ1) is 8.63. The molecule has 0 aliphatic heterocycles. The topological polar surface area (TPSA) is 47.0 Å². The predicted molar refractivity (Wildman–Crippen MR) is 71.4 cm³/mol. The van der Waals surface area contributed by atoms with Crippen molar-refractivity contribution in [2.45, 2.75) is 51.7 Å². The van der Waals surface area contributed by atoms with E-state index in [0.29, 0.717) is 6.04 Å². The van der Waals surface area contributed by atoms with Crippen LogP contribution in [0.3, 0.4) is 0 Å². The van der Waals surface area contributed by atoms with Crippen LogP contribution in [0.4, 0.5) is 0 Å². The van der Waals surface area contributed by atoms with Crippen molar-refractivity contribution in [1.82, 2.24) is 15.3 Å². The van der Waals surface area contributed by atoms with Gasteiger partial charge in [-0.1, -0.05) is 6.92 Å². The van der Waals surface area contributed by atoms with Crippen LogP contribution >= 0.6 is 0 Å². The van der Waals surface area contributed by atoms with Crippen LogP contribution < -0.4 is 5.32 Å². The maximum Gasteiger partial charge on any atom is 0.160 e. The van der Waals surface area contributed by atoms with Gasteiger partial charge in [0.15, 0.2) is 5.82 Å². The van der Waals surface area contributed by atoms with E-state index in [1.807, 2.05) is 6.20 Å². The van der Waals surface area contributed by atoms with Gasteiger partial charge in [0.2, 0.25) is 0 Å². The molecule has 1 saturated carbocycles. The second-order valence-corrected chi connectivity index (χ2v) is 5.07. The summed E-state index contributed by atoms with van der Waals surface area (Å²) in [6.45, 7) is 7.25. The predicted octanol–water partition coefficient (Wildman–Crippen LogP) is 2.48. The quantitative estimate of drug-likeness (QED) is 0.871. The van der Waals surface area contributed by atoms with Crippen molar-refractivity contribution >= 4 is 0 Å². The lowest BCUT2D eigenvalue weighted by Crippen LogP contribution is -2.38. The third-order valence-corrected chi connectivity index (χ3v) is 3.95. The van der Waals surface area contributed by atoms with Crippen LogP contribution in [0.1, 0.15) is 56.2 Å². The molecule has 0 saturated heterocycles. The fourth-order valence-electron chi connectivity index (χ4n) is 2.55. The largest absolute Gasteiger partial charge is 0.370 e. The number of hydrogen-bond donors (Lipinski definition) is 1. The Kier molecular flexibility index (Phi) is 3.97. The minimum atomic E-state index is -0.218. The zero-order valence-corrected chi connectivity index (χ0v) is 11.8. The van der Waals surface area contributed by atoms with E-state index in [1.165, 1.54) is 12.0 Å². The third-order valence-electron chi connectivity index (χ3n) is 3.95. The molecule has 0 aromatic carbocycles. The second kappa shape index (κ2) is 5.33. The molecule has 4 nitrogen and oxygen atoms in total. The minimum absolute atomic E-state index is 0.218. The van der Waals surface area contributed by atoms with Gasteiger partial charge < -0.3 is 10.1 Å². The van der Waals surface area contributed by atoms with Gasteiger partial charge >= 0.3 is 0 Å². The highest BCUT2D eigenvalue weighted by Gasteiger charge is 2.41. The highest BCUT2D eigenvalue weighted by Crippen LogP contribution is 2.42. The molecule has 4 heteroatoms. The van der Waals surface area contributed by atoms with E-state index in [4.69, 9.17) is 4.74 Å². The summed E-state index contributed by atoms with van der Waals surface area (Å²) < 4.78 is 5.62. The highest BCUT2D eigenvalue weighted by atomic mass is 16.5. The van der Waals surface area contributed by atoms with Crippen LogP contribution in [0.2, 0.25) is 0 Å². The lowest BCUT2D eigenvalue weighted by atomic mass is 9.79. The van der Waals surface area contributed by atoms with Gasteiger partial charge in [-0.2, -0.15) is 0 Å². The van der Waals surface area contributed by atoms with Gasteiger partial charge in [-0.3, -0.25) is 0 Å². The number of aryl methyl sites for hydroxylation is 1. The molecule has 0 amide bonds. The van der Waals surface area contributed by atoms with Crippen LogP contribution in [0.15, 0.2) is 6.20 Å². The van der Waals surface area contributed by atoms with Crippen LogP contribution in [0.5, 0.6) is 0 Å². The number of hydrogen-bond acceptors (Lipinski definition) is 4. The summed E-state index contributed by atoms with van der Waals surface area (Å²) in [6, 6.07) is 0.295. The molecule has 1 aliphatic carbocycles. The Bertz CT molecular complexity index is 410. The highest BCUT2D eigenvalue weighted by molar-refractivity contribution is 5.22. The van der Waals surface area contributed by atoms with Crippen molar-refractivity contribution in [1.29, 1.82) is 0 Å². The zero-order chi connectivity index (χ0) is 13.2. The molecule has 1 heterocycles. The molecule has 2 rings (SSSR count). The first-order valence-electron chi connectivity index (χ1n) is 6.75. The fraction of sp³-hybridized carbons (Fsp3) is 0.714. The molecule has 100 valence electrons. The molecule has 1 aromatic rings. The standard InChI is InChI=1S/C14H23N3O/c1-5-15-10(2)12-9-16-13(17-11(12)3)14(18-4)7-6-8-14/h9-10,15H,5-8H2,1-4H3. The van der Waals surface area contributed by atoms with E-state index in [2.05, 4.69) is 36.1 Å². The summed E-state index contributed by atoms with van der Waals surface area (Å²) in [7, 11) is 1.76. The molecule has 0 radical (unpaired) electrons. The first kappa shape index (κ1) is 13.4. The molecule has 1 unspecified atom stereocenters. The van der Waals surface area contributed by atoms with Crippen LogP contribution in [0.25, 0.3) is 0 Å². The van der Waals surface area contributed by atoms with Gasteiger partial charge in [0.05, 0.1) is 0 Å². The maximum atomic E-state index is 5.62. The van der Waals surface area contributed by atoms with Crippen molar-refractivity contribution in [3.63, 3.8) is 0 Å². The molecule has 0 bridgehead atoms. The molecule has 1 aliphatic rings. The van der Waals surface area contributed by atoms with Crippen molar-refractivity contribution in [2.75, 3.05) is 13.7 Å². The smallest absolute Gasteiger partial charge is 0.160 e. The molecule has 18 heavy (non-hydrogen) atoms. The van der Waals surface area contributed by atoms with Gasteiger partial charge in [-0.25, -0.2) is 9.97 Å². The van der Waals surface area contributed by atoms with Crippen LogP contribution in [-0.2, 0) is 10.3 Å². The van der Waals surface area contributed by atoms with Gasteiger partial charge in [-0.15, -0.1) is 0 Å². The van der Waals surface area contributed by atoms with Crippen LogP contribution in [0, 0.1) is 6.92 Å². The number of nitrogens with one attached hydrogen (secondary N) is 1.